The first-order valence-electron chi connectivity index (χ1n) is 8.80. The number of benzene rings is 1. The van der Waals surface area contributed by atoms with Crippen LogP contribution < -0.4 is 5.32 Å². The van der Waals surface area contributed by atoms with Gasteiger partial charge in [-0.15, -0.1) is 11.3 Å². The van der Waals surface area contributed by atoms with Crippen LogP contribution in [-0.2, 0) is 14.8 Å². The molecule has 1 fully saturated rings. The maximum atomic E-state index is 13.0. The van der Waals surface area contributed by atoms with Crippen molar-refractivity contribution in [2.24, 2.45) is 0 Å². The number of aryl methyl sites for hydroxylation is 1. The Bertz CT molecular complexity index is 1140. The highest BCUT2D eigenvalue weighted by Crippen LogP contribution is 2.33. The number of aromatic nitrogens is 1. The van der Waals surface area contributed by atoms with Crippen LogP contribution in [0.3, 0.4) is 0 Å². The Balaban J connectivity index is 1.60. The summed E-state index contributed by atoms with van der Waals surface area (Å²) in [4.78, 5) is 17.4. The number of piperidine rings is 1. The Morgan fingerprint density at radius 1 is 1.25 bits per heavy atom. The van der Waals surface area contributed by atoms with Gasteiger partial charge in [0.2, 0.25) is 5.91 Å². The van der Waals surface area contributed by atoms with E-state index < -0.39 is 16.1 Å². The summed E-state index contributed by atoms with van der Waals surface area (Å²) in [5.41, 5.74) is 1.88. The van der Waals surface area contributed by atoms with Crippen molar-refractivity contribution >= 4 is 65.6 Å². The number of hydrogen-bond donors (Lipinski definition) is 1. The summed E-state index contributed by atoms with van der Waals surface area (Å²) in [6, 6.07) is 8.16. The van der Waals surface area contributed by atoms with Crippen LogP contribution >= 0.6 is 34.3 Å². The highest BCUT2D eigenvalue weighted by molar-refractivity contribution is 7.91. The summed E-state index contributed by atoms with van der Waals surface area (Å²) >= 11 is 8.30. The van der Waals surface area contributed by atoms with Crippen molar-refractivity contribution in [2.45, 2.75) is 36.4 Å². The number of thiazole rings is 1. The van der Waals surface area contributed by atoms with Crippen molar-refractivity contribution in [2.75, 3.05) is 11.9 Å². The van der Waals surface area contributed by atoms with Gasteiger partial charge in [0.1, 0.15) is 10.3 Å². The SMILES string of the molecule is Cc1cccc2sc(NC(=O)C3CCCCN3S(=O)(=O)c3ccc(Cl)s3)nc12. The standard InChI is InChI=1S/C18H18ClN3O3S3/c1-11-5-4-7-13-16(11)20-18(26-13)21-17(23)12-6-2-3-10-22(12)28(24,25)15-9-8-14(19)27-15/h4-5,7-9,12H,2-3,6,10H2,1H3,(H,20,21,23). The number of para-hydroxylation sites is 1. The van der Waals surface area contributed by atoms with Gasteiger partial charge in [-0.05, 0) is 43.5 Å². The van der Waals surface area contributed by atoms with Gasteiger partial charge in [-0.1, -0.05) is 41.5 Å². The molecule has 28 heavy (non-hydrogen) atoms. The third-order valence-electron chi connectivity index (χ3n) is 4.72. The van der Waals surface area contributed by atoms with Gasteiger partial charge in [-0.25, -0.2) is 13.4 Å². The topological polar surface area (TPSA) is 79.4 Å². The number of amides is 1. The van der Waals surface area contributed by atoms with Crippen molar-refractivity contribution in [1.29, 1.82) is 0 Å². The average molecular weight is 456 g/mol. The molecule has 1 amide bonds. The minimum Gasteiger partial charge on any atom is -0.301 e. The van der Waals surface area contributed by atoms with E-state index in [1.54, 1.807) is 6.07 Å². The third-order valence-corrected chi connectivity index (χ3v) is 9.26. The van der Waals surface area contributed by atoms with Gasteiger partial charge in [0.25, 0.3) is 10.0 Å². The van der Waals surface area contributed by atoms with Crippen LogP contribution in [0.1, 0.15) is 24.8 Å². The highest BCUT2D eigenvalue weighted by Gasteiger charge is 2.38. The van der Waals surface area contributed by atoms with Crippen LogP contribution in [0, 0.1) is 6.92 Å². The summed E-state index contributed by atoms with van der Waals surface area (Å²) < 4.78 is 28.9. The zero-order chi connectivity index (χ0) is 19.9. The lowest BCUT2D eigenvalue weighted by Crippen LogP contribution is -2.49. The maximum absolute atomic E-state index is 13.0. The smallest absolute Gasteiger partial charge is 0.253 e. The molecule has 0 aliphatic carbocycles. The first-order chi connectivity index (χ1) is 13.4. The van der Waals surface area contributed by atoms with Crippen molar-refractivity contribution < 1.29 is 13.2 Å². The Morgan fingerprint density at radius 3 is 2.79 bits per heavy atom. The van der Waals surface area contributed by atoms with Gasteiger partial charge >= 0.3 is 0 Å². The van der Waals surface area contributed by atoms with Crippen LogP contribution in [0.5, 0.6) is 0 Å². The van der Waals surface area contributed by atoms with E-state index in [2.05, 4.69) is 10.3 Å². The molecule has 3 heterocycles. The number of halogens is 1. The van der Waals surface area contributed by atoms with E-state index in [0.717, 1.165) is 40.0 Å². The second-order valence-corrected chi connectivity index (χ2v) is 11.5. The fourth-order valence-corrected chi connectivity index (χ4v) is 7.55. The first kappa shape index (κ1) is 19.8. The molecule has 0 radical (unpaired) electrons. The van der Waals surface area contributed by atoms with Gasteiger partial charge in [0.15, 0.2) is 5.13 Å². The summed E-state index contributed by atoms with van der Waals surface area (Å²) in [5.74, 6) is -0.345. The number of carbonyl (C=O) groups is 1. The molecule has 2 aromatic heterocycles. The largest absolute Gasteiger partial charge is 0.301 e. The number of nitrogens with zero attached hydrogens (tertiary/aromatic N) is 2. The summed E-state index contributed by atoms with van der Waals surface area (Å²) in [6.07, 6.45) is 2.00. The molecule has 148 valence electrons. The van der Waals surface area contributed by atoms with Gasteiger partial charge in [0, 0.05) is 6.54 Å². The molecule has 1 unspecified atom stereocenters. The molecule has 0 bridgehead atoms. The lowest BCUT2D eigenvalue weighted by atomic mass is 10.0. The average Bonchev–Trinajstić information content (AvgIpc) is 3.29. The Hall–Kier alpha value is -1.52. The predicted octanol–water partition coefficient (Wildman–Crippen LogP) is 4.50. The van der Waals surface area contributed by atoms with Crippen molar-refractivity contribution in [3.8, 4) is 0 Å². The lowest BCUT2D eigenvalue weighted by molar-refractivity contribution is -0.120. The predicted molar refractivity (Wildman–Crippen MR) is 114 cm³/mol. The molecule has 1 aliphatic heterocycles. The molecule has 1 atom stereocenters. The number of carbonyl (C=O) groups excluding carboxylic acids is 1. The number of hydrogen-bond acceptors (Lipinski definition) is 6. The first-order valence-corrected chi connectivity index (χ1v) is 12.3. The van der Waals surface area contributed by atoms with E-state index in [4.69, 9.17) is 11.6 Å². The minimum atomic E-state index is -3.77. The van der Waals surface area contributed by atoms with Crippen LogP contribution in [-0.4, -0.2) is 36.2 Å². The van der Waals surface area contributed by atoms with E-state index in [9.17, 15) is 13.2 Å². The number of thiophene rings is 1. The summed E-state index contributed by atoms with van der Waals surface area (Å²) in [7, 11) is -3.77. The van der Waals surface area contributed by atoms with Gasteiger partial charge in [-0.3, -0.25) is 4.79 Å². The van der Waals surface area contributed by atoms with E-state index in [0.29, 0.717) is 22.4 Å². The molecule has 0 saturated carbocycles. The molecule has 4 rings (SSSR count). The van der Waals surface area contributed by atoms with E-state index >= 15 is 0 Å². The number of fused-ring (bicyclic) bond motifs is 1. The normalized spacial score (nSPS) is 18.4. The molecular formula is C18H18ClN3O3S3. The Kier molecular flexibility index (Phi) is 5.45. The molecule has 1 N–H and O–H groups in total. The number of rotatable bonds is 4. The van der Waals surface area contributed by atoms with E-state index in [1.165, 1.54) is 21.7 Å². The summed E-state index contributed by atoms with van der Waals surface area (Å²) in [6.45, 7) is 2.28. The molecular weight excluding hydrogens is 438 g/mol. The number of anilines is 1. The molecule has 1 aliphatic rings. The second kappa shape index (κ2) is 7.72. The highest BCUT2D eigenvalue weighted by atomic mass is 35.5. The van der Waals surface area contributed by atoms with E-state index in [-0.39, 0.29) is 10.1 Å². The number of sulfonamides is 1. The Labute approximate surface area is 176 Å². The zero-order valence-electron chi connectivity index (χ0n) is 15.0. The molecule has 3 aromatic rings. The Morgan fingerprint density at radius 2 is 2.07 bits per heavy atom. The van der Waals surface area contributed by atoms with Gasteiger partial charge in [-0.2, -0.15) is 4.31 Å². The van der Waals surface area contributed by atoms with Crippen LogP contribution in [0.15, 0.2) is 34.5 Å². The maximum Gasteiger partial charge on any atom is 0.253 e. The summed E-state index contributed by atoms with van der Waals surface area (Å²) in [5, 5.41) is 3.31. The third kappa shape index (κ3) is 3.69. The molecule has 10 heteroatoms. The zero-order valence-corrected chi connectivity index (χ0v) is 18.2. The molecule has 0 spiro atoms. The van der Waals surface area contributed by atoms with E-state index in [1.807, 2.05) is 25.1 Å². The minimum absolute atomic E-state index is 0.160. The lowest BCUT2D eigenvalue weighted by Gasteiger charge is -2.32. The fraction of sp³-hybridized carbons (Fsp3) is 0.333. The monoisotopic (exact) mass is 455 g/mol. The van der Waals surface area contributed by atoms with Crippen LogP contribution in [0.25, 0.3) is 10.2 Å². The molecule has 1 saturated heterocycles. The number of nitrogens with one attached hydrogen (secondary N) is 1. The quantitative estimate of drug-likeness (QED) is 0.628. The van der Waals surface area contributed by atoms with Crippen molar-refractivity contribution in [3.63, 3.8) is 0 Å². The van der Waals surface area contributed by atoms with Gasteiger partial charge in [0.05, 0.1) is 14.6 Å². The van der Waals surface area contributed by atoms with Crippen LogP contribution in [0.4, 0.5) is 5.13 Å². The fourth-order valence-electron chi connectivity index (χ4n) is 3.33. The van der Waals surface area contributed by atoms with Crippen LogP contribution in [0.2, 0.25) is 4.34 Å². The van der Waals surface area contributed by atoms with Gasteiger partial charge < -0.3 is 5.32 Å². The second-order valence-electron chi connectivity index (χ2n) is 6.62. The molecule has 1 aromatic carbocycles. The van der Waals surface area contributed by atoms with Crippen molar-refractivity contribution in [3.05, 3.63) is 40.2 Å². The molecule has 6 nitrogen and oxygen atoms in total. The van der Waals surface area contributed by atoms with Crippen molar-refractivity contribution in [1.82, 2.24) is 9.29 Å².